The average molecular weight is 408 g/mol. The molecule has 1 aromatic heterocycles. The van der Waals surface area contributed by atoms with Gasteiger partial charge < -0.3 is 14.2 Å². The van der Waals surface area contributed by atoms with Crippen molar-refractivity contribution >= 4 is 11.8 Å². The van der Waals surface area contributed by atoms with Crippen molar-refractivity contribution in [1.29, 1.82) is 5.26 Å². The van der Waals surface area contributed by atoms with E-state index in [0.29, 0.717) is 56.2 Å². The van der Waals surface area contributed by atoms with Gasteiger partial charge in [0.15, 0.2) is 5.89 Å². The summed E-state index contributed by atoms with van der Waals surface area (Å²) in [6, 6.07) is 9.12. The first-order valence-electron chi connectivity index (χ1n) is 10.7. The second kappa shape index (κ2) is 8.49. The third-order valence-corrected chi connectivity index (χ3v) is 6.07. The number of carbonyl (C=O) groups excluding carboxylic acids is 1. The standard InChI is InChI=1S/C23H29N5O2/c1-16-11-17(2)13-19(12-16)21-5-4-6-28(21)15-22(29)26-7-9-27(10-8-26)23-20(14-24)25-18(3)30-23/h11-13,21H,4-10,15H2,1-3H3. The van der Waals surface area contributed by atoms with Gasteiger partial charge in [-0.05, 0) is 38.8 Å². The lowest BCUT2D eigenvalue weighted by Crippen LogP contribution is -2.51. The second-order valence-electron chi connectivity index (χ2n) is 8.42. The van der Waals surface area contributed by atoms with Gasteiger partial charge in [-0.2, -0.15) is 5.26 Å². The number of nitrogens with zero attached hydrogens (tertiary/aromatic N) is 5. The second-order valence-corrected chi connectivity index (χ2v) is 8.42. The maximum absolute atomic E-state index is 13.0. The first-order chi connectivity index (χ1) is 14.4. The van der Waals surface area contributed by atoms with Crippen molar-refractivity contribution < 1.29 is 9.21 Å². The molecule has 7 nitrogen and oxygen atoms in total. The van der Waals surface area contributed by atoms with Crippen LogP contribution in [0.1, 0.15) is 47.2 Å². The van der Waals surface area contributed by atoms with Gasteiger partial charge in [-0.1, -0.05) is 29.3 Å². The monoisotopic (exact) mass is 407 g/mol. The van der Waals surface area contributed by atoms with Crippen LogP contribution in [0.5, 0.6) is 0 Å². The van der Waals surface area contributed by atoms with Crippen LogP contribution >= 0.6 is 0 Å². The fourth-order valence-corrected chi connectivity index (χ4v) is 4.73. The normalized spacial score (nSPS) is 19.9. The van der Waals surface area contributed by atoms with Gasteiger partial charge in [0, 0.05) is 39.1 Å². The molecule has 1 amide bonds. The van der Waals surface area contributed by atoms with E-state index in [1.807, 2.05) is 9.80 Å². The van der Waals surface area contributed by atoms with E-state index >= 15 is 0 Å². The maximum Gasteiger partial charge on any atom is 0.236 e. The van der Waals surface area contributed by atoms with Crippen LogP contribution in [-0.2, 0) is 4.79 Å². The molecule has 7 heteroatoms. The molecule has 1 aromatic carbocycles. The Kier molecular flexibility index (Phi) is 5.78. The van der Waals surface area contributed by atoms with E-state index in [0.717, 1.165) is 19.4 Å². The predicted octanol–water partition coefficient (Wildman–Crippen LogP) is 2.96. The Morgan fingerprint density at radius 3 is 2.50 bits per heavy atom. The first kappa shape index (κ1) is 20.4. The Morgan fingerprint density at radius 2 is 1.83 bits per heavy atom. The Hall–Kier alpha value is -2.85. The summed E-state index contributed by atoms with van der Waals surface area (Å²) >= 11 is 0. The number of rotatable bonds is 4. The number of nitriles is 1. The summed E-state index contributed by atoms with van der Waals surface area (Å²) in [6.07, 6.45) is 2.23. The molecule has 3 heterocycles. The number of hydrogen-bond donors (Lipinski definition) is 0. The van der Waals surface area contributed by atoms with Gasteiger partial charge in [0.1, 0.15) is 6.07 Å². The number of amides is 1. The molecule has 2 aliphatic rings. The zero-order chi connectivity index (χ0) is 21.3. The number of benzene rings is 1. The fourth-order valence-electron chi connectivity index (χ4n) is 4.73. The summed E-state index contributed by atoms with van der Waals surface area (Å²) in [5.41, 5.74) is 4.20. The van der Waals surface area contributed by atoms with Crippen LogP contribution in [-0.4, -0.2) is 60.0 Å². The molecule has 30 heavy (non-hydrogen) atoms. The highest BCUT2D eigenvalue weighted by atomic mass is 16.4. The number of oxazole rings is 1. The fraction of sp³-hybridized carbons (Fsp3) is 0.522. The summed E-state index contributed by atoms with van der Waals surface area (Å²) in [5.74, 6) is 1.20. The zero-order valence-electron chi connectivity index (χ0n) is 18.0. The highest BCUT2D eigenvalue weighted by molar-refractivity contribution is 5.78. The lowest BCUT2D eigenvalue weighted by molar-refractivity contribution is -0.133. The molecule has 158 valence electrons. The Morgan fingerprint density at radius 1 is 1.13 bits per heavy atom. The molecular formula is C23H29N5O2. The van der Waals surface area contributed by atoms with Crippen LogP contribution < -0.4 is 4.90 Å². The Labute approximate surface area is 177 Å². The molecule has 0 bridgehead atoms. The van der Waals surface area contributed by atoms with Gasteiger partial charge in [0.2, 0.25) is 17.5 Å². The first-order valence-corrected chi connectivity index (χ1v) is 10.7. The topological polar surface area (TPSA) is 76.6 Å². The molecule has 2 saturated heterocycles. The quantitative estimate of drug-likeness (QED) is 0.776. The van der Waals surface area contributed by atoms with Gasteiger partial charge in [0.25, 0.3) is 0 Å². The third kappa shape index (κ3) is 4.19. The van der Waals surface area contributed by atoms with E-state index < -0.39 is 0 Å². The van der Waals surface area contributed by atoms with Gasteiger partial charge >= 0.3 is 0 Å². The van der Waals surface area contributed by atoms with Crippen molar-refractivity contribution in [3.8, 4) is 6.07 Å². The van der Waals surface area contributed by atoms with Crippen LogP contribution in [0.3, 0.4) is 0 Å². The largest absolute Gasteiger partial charge is 0.424 e. The van der Waals surface area contributed by atoms with Crippen molar-refractivity contribution in [2.75, 3.05) is 44.2 Å². The van der Waals surface area contributed by atoms with Crippen LogP contribution in [0.15, 0.2) is 22.6 Å². The Bertz CT molecular complexity index is 948. The molecule has 2 fully saturated rings. The van der Waals surface area contributed by atoms with Crippen LogP contribution in [0.2, 0.25) is 0 Å². The number of hydrogen-bond acceptors (Lipinski definition) is 6. The molecule has 0 spiro atoms. The summed E-state index contributed by atoms with van der Waals surface area (Å²) in [6.45, 7) is 9.99. The number of likely N-dealkylation sites (tertiary alicyclic amines) is 1. The minimum absolute atomic E-state index is 0.181. The van der Waals surface area contributed by atoms with Crippen LogP contribution in [0, 0.1) is 32.1 Å². The predicted molar refractivity (Wildman–Crippen MR) is 114 cm³/mol. The minimum Gasteiger partial charge on any atom is -0.424 e. The summed E-state index contributed by atoms with van der Waals surface area (Å²) in [4.78, 5) is 23.4. The van der Waals surface area contributed by atoms with Gasteiger partial charge in [-0.3, -0.25) is 9.69 Å². The molecule has 4 rings (SSSR count). The highest BCUT2D eigenvalue weighted by Crippen LogP contribution is 2.33. The number of aryl methyl sites for hydroxylation is 3. The number of piperazine rings is 1. The number of anilines is 1. The van der Waals surface area contributed by atoms with E-state index in [2.05, 4.69) is 48.0 Å². The van der Waals surface area contributed by atoms with Crippen molar-refractivity contribution in [3.63, 3.8) is 0 Å². The molecule has 0 radical (unpaired) electrons. The van der Waals surface area contributed by atoms with Crippen LogP contribution in [0.4, 0.5) is 5.88 Å². The van der Waals surface area contributed by atoms with E-state index in [4.69, 9.17) is 4.42 Å². The lowest BCUT2D eigenvalue weighted by Gasteiger charge is -2.36. The number of aromatic nitrogens is 1. The third-order valence-electron chi connectivity index (χ3n) is 6.07. The molecule has 2 aromatic rings. The van der Waals surface area contributed by atoms with Gasteiger partial charge in [0.05, 0.1) is 6.54 Å². The molecule has 2 aliphatic heterocycles. The summed E-state index contributed by atoms with van der Waals surface area (Å²) < 4.78 is 5.61. The molecular weight excluding hydrogens is 378 g/mol. The lowest BCUT2D eigenvalue weighted by atomic mass is 9.99. The number of carbonyl (C=O) groups is 1. The van der Waals surface area contributed by atoms with E-state index in [1.54, 1.807) is 6.92 Å². The SMILES string of the molecule is Cc1cc(C)cc(C2CCCN2CC(=O)N2CCN(c3oc(C)nc3C#N)CC2)c1. The van der Waals surface area contributed by atoms with E-state index in [9.17, 15) is 10.1 Å². The van der Waals surface area contributed by atoms with Crippen molar-refractivity contribution in [3.05, 3.63) is 46.5 Å². The van der Waals surface area contributed by atoms with Gasteiger partial charge in [-0.25, -0.2) is 4.98 Å². The molecule has 0 saturated carbocycles. The highest BCUT2D eigenvalue weighted by Gasteiger charge is 2.31. The van der Waals surface area contributed by atoms with Crippen LogP contribution in [0.25, 0.3) is 0 Å². The van der Waals surface area contributed by atoms with E-state index in [1.165, 1.54) is 16.7 Å². The van der Waals surface area contributed by atoms with Crippen molar-refractivity contribution in [2.24, 2.45) is 0 Å². The average Bonchev–Trinajstić information content (AvgIpc) is 3.33. The smallest absolute Gasteiger partial charge is 0.236 e. The molecule has 1 unspecified atom stereocenters. The van der Waals surface area contributed by atoms with E-state index in [-0.39, 0.29) is 5.91 Å². The summed E-state index contributed by atoms with van der Waals surface area (Å²) in [7, 11) is 0. The van der Waals surface area contributed by atoms with Gasteiger partial charge in [-0.15, -0.1) is 0 Å². The molecule has 0 aliphatic carbocycles. The van der Waals surface area contributed by atoms with Crippen molar-refractivity contribution in [2.45, 2.75) is 39.7 Å². The summed E-state index contributed by atoms with van der Waals surface area (Å²) in [5, 5.41) is 9.25. The zero-order valence-corrected chi connectivity index (χ0v) is 18.0. The Balaban J connectivity index is 1.37. The van der Waals surface area contributed by atoms with Crippen molar-refractivity contribution in [1.82, 2.24) is 14.8 Å². The maximum atomic E-state index is 13.0. The molecule has 1 atom stereocenters. The minimum atomic E-state index is 0.181. The molecule has 0 N–H and O–H groups in total.